The highest BCUT2D eigenvalue weighted by molar-refractivity contribution is 7.89. The van der Waals surface area contributed by atoms with Crippen molar-refractivity contribution in [3.63, 3.8) is 0 Å². The number of likely N-dealkylation sites (N-methyl/N-ethyl adjacent to an activating group) is 2. The van der Waals surface area contributed by atoms with Crippen molar-refractivity contribution in [3.8, 4) is 5.75 Å². The van der Waals surface area contributed by atoms with Gasteiger partial charge in [0.2, 0.25) is 15.9 Å². The number of methoxy groups -OCH3 is 1. The van der Waals surface area contributed by atoms with Crippen LogP contribution >= 0.6 is 0 Å². The van der Waals surface area contributed by atoms with E-state index in [0.717, 1.165) is 25.7 Å². The summed E-state index contributed by atoms with van der Waals surface area (Å²) in [5.74, 6) is 0.573. The van der Waals surface area contributed by atoms with Crippen molar-refractivity contribution in [2.24, 2.45) is 0 Å². The normalized spacial score (nSPS) is 15.2. The fraction of sp³-hybridized carbons (Fsp3) is 0.650. The van der Waals surface area contributed by atoms with E-state index in [0.29, 0.717) is 22.9 Å². The van der Waals surface area contributed by atoms with Crippen LogP contribution in [0.5, 0.6) is 5.75 Å². The summed E-state index contributed by atoms with van der Waals surface area (Å²) < 4.78 is 37.8. The van der Waals surface area contributed by atoms with Crippen molar-refractivity contribution < 1.29 is 22.7 Å². The average Bonchev–Trinajstić information content (AvgIpc) is 3.17. The van der Waals surface area contributed by atoms with Crippen LogP contribution in [0, 0.1) is 13.8 Å². The summed E-state index contributed by atoms with van der Waals surface area (Å²) in [6.07, 6.45) is 4.42. The predicted molar refractivity (Wildman–Crippen MR) is 108 cm³/mol. The third-order valence-electron chi connectivity index (χ3n) is 5.38. The smallest absolute Gasteiger partial charge is 0.248 e. The first kappa shape index (κ1) is 22.6. The Balaban J connectivity index is 1.90. The topological polar surface area (TPSA) is 76.1 Å². The van der Waals surface area contributed by atoms with Gasteiger partial charge in [0.25, 0.3) is 0 Å². The van der Waals surface area contributed by atoms with Gasteiger partial charge in [-0.2, -0.15) is 4.31 Å². The first-order chi connectivity index (χ1) is 13.2. The molecule has 1 saturated carbocycles. The second-order valence-electron chi connectivity index (χ2n) is 7.41. The van der Waals surface area contributed by atoms with Crippen LogP contribution in [0.15, 0.2) is 17.0 Å². The molecule has 7 nitrogen and oxygen atoms in total. The molecule has 0 aliphatic heterocycles. The third kappa shape index (κ3) is 5.24. The molecule has 0 saturated heterocycles. The van der Waals surface area contributed by atoms with Crippen LogP contribution in [0.2, 0.25) is 0 Å². The van der Waals surface area contributed by atoms with Crippen molar-refractivity contribution in [1.82, 2.24) is 9.21 Å². The number of sulfonamides is 1. The quantitative estimate of drug-likeness (QED) is 0.582. The number of aryl methyl sites for hydroxylation is 2. The predicted octanol–water partition coefficient (Wildman–Crippen LogP) is 2.35. The lowest BCUT2D eigenvalue weighted by molar-refractivity contribution is -0.136. The lowest BCUT2D eigenvalue weighted by Gasteiger charge is -2.24. The van der Waals surface area contributed by atoms with Crippen molar-refractivity contribution in [2.45, 2.75) is 50.5 Å². The molecule has 0 N–H and O–H groups in total. The molecule has 0 spiro atoms. The molecule has 0 radical (unpaired) electrons. The highest BCUT2D eigenvalue weighted by Gasteiger charge is 2.26. The maximum Gasteiger partial charge on any atom is 0.248 e. The molecule has 0 aromatic heterocycles. The summed E-state index contributed by atoms with van der Waals surface area (Å²) >= 11 is 0. The molecule has 1 aliphatic carbocycles. The fourth-order valence-corrected chi connectivity index (χ4v) is 5.22. The van der Waals surface area contributed by atoms with Crippen LogP contribution in [0.25, 0.3) is 0 Å². The lowest BCUT2D eigenvalue weighted by Crippen LogP contribution is -2.38. The highest BCUT2D eigenvalue weighted by Crippen LogP contribution is 2.27. The van der Waals surface area contributed by atoms with Gasteiger partial charge in [0, 0.05) is 26.7 Å². The molecule has 2 rings (SSSR count). The summed E-state index contributed by atoms with van der Waals surface area (Å²) in [4.78, 5) is 14.2. The summed E-state index contributed by atoms with van der Waals surface area (Å²) in [6, 6.07) is 3.73. The van der Waals surface area contributed by atoms with Crippen molar-refractivity contribution in [1.29, 1.82) is 0 Å². The number of hydrogen-bond acceptors (Lipinski definition) is 5. The number of amides is 1. The minimum atomic E-state index is -3.65. The second kappa shape index (κ2) is 9.71. The second-order valence-corrected chi connectivity index (χ2v) is 9.39. The number of rotatable bonds is 9. The van der Waals surface area contributed by atoms with E-state index in [1.54, 1.807) is 38.0 Å². The molecular formula is C20H32N2O5S. The van der Waals surface area contributed by atoms with Gasteiger partial charge >= 0.3 is 0 Å². The first-order valence-corrected chi connectivity index (χ1v) is 11.1. The molecule has 1 aromatic carbocycles. The van der Waals surface area contributed by atoms with E-state index < -0.39 is 10.0 Å². The van der Waals surface area contributed by atoms with Crippen LogP contribution in [0.1, 0.15) is 36.8 Å². The van der Waals surface area contributed by atoms with Crippen molar-refractivity contribution >= 4 is 15.9 Å². The van der Waals surface area contributed by atoms with Gasteiger partial charge in [0.15, 0.2) is 0 Å². The molecule has 0 bridgehead atoms. The van der Waals surface area contributed by atoms with Crippen LogP contribution in [0.4, 0.5) is 0 Å². The number of carbonyl (C=O) groups excluding carboxylic acids is 1. The van der Waals surface area contributed by atoms with Gasteiger partial charge in [-0.3, -0.25) is 4.79 Å². The number of hydrogen-bond donors (Lipinski definition) is 0. The van der Waals surface area contributed by atoms with E-state index in [9.17, 15) is 13.2 Å². The SMILES string of the molecule is COc1cc(C)c(S(=O)(=O)N(C)CCOCC(=O)N(C)C2CCCC2)c(C)c1. The van der Waals surface area contributed by atoms with Crippen molar-refractivity contribution in [2.75, 3.05) is 41.0 Å². The number of ether oxygens (including phenoxy) is 2. The molecule has 0 atom stereocenters. The Kier molecular flexibility index (Phi) is 7.86. The standard InChI is InChI=1S/C20H32N2O5S/c1-15-12-18(26-5)13-16(2)20(15)28(24,25)21(3)10-11-27-14-19(23)22(4)17-8-6-7-9-17/h12-13,17H,6-11,14H2,1-5H3. The van der Waals surface area contributed by atoms with E-state index in [4.69, 9.17) is 9.47 Å². The van der Waals surface area contributed by atoms with E-state index in [1.807, 2.05) is 7.05 Å². The van der Waals surface area contributed by atoms with Crippen LogP contribution in [-0.2, 0) is 19.6 Å². The Morgan fingerprint density at radius 2 is 1.71 bits per heavy atom. The zero-order chi connectivity index (χ0) is 20.9. The van der Waals surface area contributed by atoms with Crippen molar-refractivity contribution in [3.05, 3.63) is 23.3 Å². The Labute approximate surface area is 168 Å². The van der Waals surface area contributed by atoms with E-state index >= 15 is 0 Å². The summed E-state index contributed by atoms with van der Waals surface area (Å²) in [5, 5.41) is 0. The third-order valence-corrected chi connectivity index (χ3v) is 7.54. The average molecular weight is 413 g/mol. The first-order valence-electron chi connectivity index (χ1n) is 9.63. The lowest BCUT2D eigenvalue weighted by atomic mass is 10.1. The van der Waals surface area contributed by atoms with Crippen LogP contribution in [0.3, 0.4) is 0 Å². The molecule has 1 aliphatic rings. The summed E-state index contributed by atoms with van der Waals surface area (Å²) in [5.41, 5.74) is 1.27. The van der Waals surface area contributed by atoms with Gasteiger partial charge in [-0.1, -0.05) is 12.8 Å². The van der Waals surface area contributed by atoms with E-state index in [1.165, 1.54) is 11.4 Å². The zero-order valence-corrected chi connectivity index (χ0v) is 18.3. The van der Waals surface area contributed by atoms with Crippen LogP contribution in [-0.4, -0.2) is 70.5 Å². The molecule has 0 unspecified atom stereocenters. The molecule has 1 fully saturated rings. The van der Waals surface area contributed by atoms with Gasteiger partial charge < -0.3 is 14.4 Å². The maximum absolute atomic E-state index is 12.9. The number of benzene rings is 1. The molecule has 28 heavy (non-hydrogen) atoms. The summed E-state index contributed by atoms with van der Waals surface area (Å²) in [7, 11) is 1.23. The molecule has 158 valence electrons. The summed E-state index contributed by atoms with van der Waals surface area (Å²) in [6.45, 7) is 3.82. The monoisotopic (exact) mass is 412 g/mol. The largest absolute Gasteiger partial charge is 0.497 e. The Hall–Kier alpha value is -1.64. The minimum absolute atomic E-state index is 0.0263. The minimum Gasteiger partial charge on any atom is -0.497 e. The Morgan fingerprint density at radius 3 is 2.25 bits per heavy atom. The van der Waals surface area contributed by atoms with E-state index in [2.05, 4.69) is 0 Å². The molecule has 8 heteroatoms. The molecule has 1 aromatic rings. The maximum atomic E-state index is 12.9. The van der Waals surface area contributed by atoms with Gasteiger partial charge in [-0.15, -0.1) is 0 Å². The molecule has 0 heterocycles. The number of carbonyl (C=O) groups is 1. The zero-order valence-electron chi connectivity index (χ0n) is 17.5. The van der Waals surface area contributed by atoms with Gasteiger partial charge in [0.05, 0.1) is 18.6 Å². The van der Waals surface area contributed by atoms with Crippen LogP contribution < -0.4 is 4.74 Å². The Morgan fingerprint density at radius 1 is 1.14 bits per heavy atom. The Bertz CT molecular complexity index is 765. The number of nitrogens with zero attached hydrogens (tertiary/aromatic N) is 2. The van der Waals surface area contributed by atoms with E-state index in [-0.39, 0.29) is 30.6 Å². The van der Waals surface area contributed by atoms with Gasteiger partial charge in [-0.25, -0.2) is 8.42 Å². The molecule has 1 amide bonds. The van der Waals surface area contributed by atoms with Gasteiger partial charge in [-0.05, 0) is 49.9 Å². The fourth-order valence-electron chi connectivity index (χ4n) is 3.66. The highest BCUT2D eigenvalue weighted by atomic mass is 32.2. The van der Waals surface area contributed by atoms with Gasteiger partial charge in [0.1, 0.15) is 12.4 Å². The molecular weight excluding hydrogens is 380 g/mol.